The van der Waals surface area contributed by atoms with E-state index in [1.54, 1.807) is 26.2 Å². The van der Waals surface area contributed by atoms with E-state index in [0.29, 0.717) is 17.6 Å². The van der Waals surface area contributed by atoms with Crippen LogP contribution in [-0.2, 0) is 4.74 Å². The van der Waals surface area contributed by atoms with E-state index in [0.717, 1.165) is 5.56 Å². The van der Waals surface area contributed by atoms with Crippen molar-refractivity contribution in [2.75, 3.05) is 28.0 Å². The number of hydrogen-bond acceptors (Lipinski definition) is 4. The Labute approximate surface area is 106 Å². The van der Waals surface area contributed by atoms with Gasteiger partial charge < -0.3 is 14.4 Å². The highest BCUT2D eigenvalue weighted by atomic mass is 16.7. The van der Waals surface area contributed by atoms with Gasteiger partial charge >= 0.3 is 0 Å². The highest BCUT2D eigenvalue weighted by Crippen LogP contribution is 2.25. The Morgan fingerprint density at radius 3 is 2.56 bits per heavy atom. The normalized spacial score (nSPS) is 10.0. The SMILES string of the molecule is COCOc1cc(C)cc(C=O)c1C(=O)N(C)C. The van der Waals surface area contributed by atoms with Crippen LogP contribution in [0, 0.1) is 6.92 Å². The van der Waals surface area contributed by atoms with Crippen LogP contribution < -0.4 is 4.74 Å². The van der Waals surface area contributed by atoms with E-state index in [9.17, 15) is 9.59 Å². The number of rotatable bonds is 5. The molecular formula is C13H17NO4. The quantitative estimate of drug-likeness (QED) is 0.587. The number of ether oxygens (including phenoxy) is 2. The molecule has 0 fully saturated rings. The molecule has 0 aliphatic rings. The van der Waals surface area contributed by atoms with Crippen LogP contribution in [0.1, 0.15) is 26.3 Å². The second-order valence-electron chi connectivity index (χ2n) is 4.10. The minimum atomic E-state index is -0.275. The van der Waals surface area contributed by atoms with Gasteiger partial charge in [0, 0.05) is 26.8 Å². The molecule has 0 unspecified atom stereocenters. The zero-order chi connectivity index (χ0) is 13.7. The highest BCUT2D eigenvalue weighted by Gasteiger charge is 2.19. The van der Waals surface area contributed by atoms with E-state index < -0.39 is 0 Å². The maximum atomic E-state index is 12.1. The molecular weight excluding hydrogens is 234 g/mol. The van der Waals surface area contributed by atoms with Crippen LogP contribution in [0.15, 0.2) is 12.1 Å². The smallest absolute Gasteiger partial charge is 0.257 e. The van der Waals surface area contributed by atoms with Crippen LogP contribution in [0.3, 0.4) is 0 Å². The van der Waals surface area contributed by atoms with Gasteiger partial charge in [-0.3, -0.25) is 9.59 Å². The summed E-state index contributed by atoms with van der Waals surface area (Å²) in [6, 6.07) is 3.37. The first-order valence-electron chi connectivity index (χ1n) is 5.44. The molecule has 1 aromatic carbocycles. The third-order valence-electron chi connectivity index (χ3n) is 2.36. The van der Waals surface area contributed by atoms with E-state index in [-0.39, 0.29) is 18.3 Å². The molecule has 0 aromatic heterocycles. The Bertz CT molecular complexity index is 455. The van der Waals surface area contributed by atoms with Gasteiger partial charge in [0.15, 0.2) is 13.1 Å². The monoisotopic (exact) mass is 251 g/mol. The van der Waals surface area contributed by atoms with Crippen LogP contribution in [0.4, 0.5) is 0 Å². The lowest BCUT2D eigenvalue weighted by molar-refractivity contribution is 0.0494. The van der Waals surface area contributed by atoms with Crippen LogP contribution in [0.5, 0.6) is 5.75 Å². The average molecular weight is 251 g/mol. The maximum Gasteiger partial charge on any atom is 0.257 e. The molecule has 0 heterocycles. The van der Waals surface area contributed by atoms with Crippen molar-refractivity contribution < 1.29 is 19.1 Å². The summed E-state index contributed by atoms with van der Waals surface area (Å²) in [6.45, 7) is 1.85. The Hall–Kier alpha value is -1.88. The second kappa shape index (κ2) is 6.16. The van der Waals surface area contributed by atoms with E-state index in [1.807, 2.05) is 6.92 Å². The largest absolute Gasteiger partial charge is 0.467 e. The lowest BCUT2D eigenvalue weighted by Gasteiger charge is -2.16. The summed E-state index contributed by atoms with van der Waals surface area (Å²) >= 11 is 0. The molecule has 0 saturated heterocycles. The van der Waals surface area contributed by atoms with Crippen molar-refractivity contribution in [2.24, 2.45) is 0 Å². The molecule has 1 aromatic rings. The van der Waals surface area contributed by atoms with Crippen LogP contribution in [-0.4, -0.2) is 45.1 Å². The van der Waals surface area contributed by atoms with Gasteiger partial charge in [-0.05, 0) is 24.6 Å². The molecule has 0 N–H and O–H groups in total. The summed E-state index contributed by atoms with van der Waals surface area (Å²) in [5.41, 5.74) is 1.43. The number of carbonyl (C=O) groups is 2. The molecule has 98 valence electrons. The standard InChI is InChI=1S/C13H17NO4/c1-9-5-10(7-15)12(13(16)14(2)3)11(6-9)18-8-17-4/h5-7H,8H2,1-4H3. The van der Waals surface area contributed by atoms with Crippen LogP contribution in [0.25, 0.3) is 0 Å². The van der Waals surface area contributed by atoms with E-state index >= 15 is 0 Å². The number of aryl methyl sites for hydroxylation is 1. The topological polar surface area (TPSA) is 55.8 Å². The Morgan fingerprint density at radius 1 is 1.39 bits per heavy atom. The molecule has 18 heavy (non-hydrogen) atoms. The van der Waals surface area contributed by atoms with Gasteiger partial charge in [-0.2, -0.15) is 0 Å². The predicted molar refractivity (Wildman–Crippen MR) is 67.1 cm³/mol. The average Bonchev–Trinajstić information content (AvgIpc) is 2.34. The number of benzene rings is 1. The fourth-order valence-corrected chi connectivity index (χ4v) is 1.56. The molecule has 0 atom stereocenters. The van der Waals surface area contributed by atoms with Gasteiger partial charge in [0.25, 0.3) is 5.91 Å². The number of carbonyl (C=O) groups excluding carboxylic acids is 2. The number of amides is 1. The molecule has 0 aliphatic carbocycles. The van der Waals surface area contributed by atoms with Crippen LogP contribution >= 0.6 is 0 Å². The van der Waals surface area contributed by atoms with Gasteiger partial charge in [0.1, 0.15) is 5.75 Å². The fourth-order valence-electron chi connectivity index (χ4n) is 1.56. The molecule has 1 rings (SSSR count). The maximum absolute atomic E-state index is 12.1. The summed E-state index contributed by atoms with van der Waals surface area (Å²) in [5, 5.41) is 0. The molecule has 1 amide bonds. The zero-order valence-electron chi connectivity index (χ0n) is 11.0. The summed E-state index contributed by atoms with van der Waals surface area (Å²) in [7, 11) is 4.73. The summed E-state index contributed by atoms with van der Waals surface area (Å²) in [6.07, 6.45) is 0.656. The minimum Gasteiger partial charge on any atom is -0.467 e. The highest BCUT2D eigenvalue weighted by molar-refractivity contribution is 6.03. The summed E-state index contributed by atoms with van der Waals surface area (Å²) < 4.78 is 10.2. The molecule has 5 nitrogen and oxygen atoms in total. The van der Waals surface area contributed by atoms with Crippen molar-refractivity contribution >= 4 is 12.2 Å². The Kier molecular flexibility index (Phi) is 4.85. The van der Waals surface area contributed by atoms with Gasteiger partial charge in [0.2, 0.25) is 0 Å². The zero-order valence-corrected chi connectivity index (χ0v) is 11.0. The third-order valence-corrected chi connectivity index (χ3v) is 2.36. The number of methoxy groups -OCH3 is 1. The van der Waals surface area contributed by atoms with Crippen molar-refractivity contribution in [2.45, 2.75) is 6.92 Å². The third kappa shape index (κ3) is 3.07. The van der Waals surface area contributed by atoms with Crippen molar-refractivity contribution in [3.8, 4) is 5.75 Å². The molecule has 0 aliphatic heterocycles. The van der Waals surface area contributed by atoms with Gasteiger partial charge in [0.05, 0.1) is 5.56 Å². The van der Waals surface area contributed by atoms with E-state index in [4.69, 9.17) is 9.47 Å². The first kappa shape index (κ1) is 14.2. The van der Waals surface area contributed by atoms with Crippen molar-refractivity contribution in [1.82, 2.24) is 4.90 Å². The van der Waals surface area contributed by atoms with Crippen molar-refractivity contribution in [3.63, 3.8) is 0 Å². The van der Waals surface area contributed by atoms with Gasteiger partial charge in [-0.1, -0.05) is 0 Å². The van der Waals surface area contributed by atoms with E-state index in [1.165, 1.54) is 12.0 Å². The minimum absolute atomic E-state index is 0.0233. The number of nitrogens with zero attached hydrogens (tertiary/aromatic N) is 1. The summed E-state index contributed by atoms with van der Waals surface area (Å²) in [4.78, 5) is 24.5. The lowest BCUT2D eigenvalue weighted by Crippen LogP contribution is -2.24. The molecule has 0 bridgehead atoms. The Morgan fingerprint density at radius 2 is 2.06 bits per heavy atom. The second-order valence-corrected chi connectivity index (χ2v) is 4.10. The lowest BCUT2D eigenvalue weighted by atomic mass is 10.0. The van der Waals surface area contributed by atoms with E-state index in [2.05, 4.69) is 0 Å². The molecule has 5 heteroatoms. The first-order valence-corrected chi connectivity index (χ1v) is 5.44. The van der Waals surface area contributed by atoms with Gasteiger partial charge in [-0.15, -0.1) is 0 Å². The number of hydrogen-bond donors (Lipinski definition) is 0. The molecule has 0 radical (unpaired) electrons. The van der Waals surface area contributed by atoms with Crippen LogP contribution in [0.2, 0.25) is 0 Å². The predicted octanol–water partition coefficient (Wildman–Crippen LogP) is 1.49. The first-order chi connectivity index (χ1) is 8.51. The summed E-state index contributed by atoms with van der Waals surface area (Å²) in [5.74, 6) is 0.0841. The molecule has 0 saturated carbocycles. The van der Waals surface area contributed by atoms with Crippen molar-refractivity contribution in [3.05, 3.63) is 28.8 Å². The molecule has 0 spiro atoms. The fraction of sp³-hybridized carbons (Fsp3) is 0.385. The number of aldehydes is 1. The Balaban J connectivity index is 3.32. The van der Waals surface area contributed by atoms with Gasteiger partial charge in [-0.25, -0.2) is 0 Å². The van der Waals surface area contributed by atoms with Crippen molar-refractivity contribution in [1.29, 1.82) is 0 Å².